The highest BCUT2D eigenvalue weighted by atomic mass is 16.6. The third-order valence-corrected chi connectivity index (χ3v) is 4.09. The zero-order chi connectivity index (χ0) is 18.3. The molecular formula is C17H30N2O5. The summed E-state index contributed by atoms with van der Waals surface area (Å²) in [5, 5.41) is 10.4. The zero-order valence-corrected chi connectivity index (χ0v) is 15.5. The van der Waals surface area contributed by atoms with Crippen LogP contribution in [-0.2, 0) is 9.47 Å². The molecule has 7 heteroatoms. The molecule has 0 aromatic rings. The molecule has 0 aliphatic carbocycles. The van der Waals surface area contributed by atoms with Gasteiger partial charge < -0.3 is 24.4 Å². The normalized spacial score (nSPS) is 27.7. The SMILES string of the molecule is CC(C)(C)OC(=O)N1CC2CN(C(=O)OC(C)(C)C)CC(C1)C2O. The van der Waals surface area contributed by atoms with Crippen molar-refractivity contribution in [2.75, 3.05) is 26.2 Å². The number of carbonyl (C=O) groups is 2. The third kappa shape index (κ3) is 4.75. The van der Waals surface area contributed by atoms with E-state index in [9.17, 15) is 14.7 Å². The van der Waals surface area contributed by atoms with Gasteiger partial charge in [-0.3, -0.25) is 0 Å². The lowest BCUT2D eigenvalue weighted by molar-refractivity contribution is -0.0811. The van der Waals surface area contributed by atoms with Crippen molar-refractivity contribution in [3.8, 4) is 0 Å². The van der Waals surface area contributed by atoms with Crippen LogP contribution in [0.1, 0.15) is 41.5 Å². The molecule has 0 spiro atoms. The van der Waals surface area contributed by atoms with Crippen LogP contribution in [0.5, 0.6) is 0 Å². The summed E-state index contributed by atoms with van der Waals surface area (Å²) in [7, 11) is 0. The minimum absolute atomic E-state index is 0.183. The molecule has 0 aromatic carbocycles. The van der Waals surface area contributed by atoms with Gasteiger partial charge in [-0.15, -0.1) is 0 Å². The van der Waals surface area contributed by atoms with Crippen LogP contribution in [0.2, 0.25) is 0 Å². The van der Waals surface area contributed by atoms with Gasteiger partial charge in [-0.05, 0) is 41.5 Å². The summed E-state index contributed by atoms with van der Waals surface area (Å²) in [4.78, 5) is 27.8. The number of aliphatic hydroxyl groups is 1. The molecule has 24 heavy (non-hydrogen) atoms. The zero-order valence-electron chi connectivity index (χ0n) is 15.5. The maximum atomic E-state index is 12.3. The average Bonchev–Trinajstić information content (AvgIpc) is 2.33. The van der Waals surface area contributed by atoms with Crippen molar-refractivity contribution >= 4 is 12.2 Å². The molecule has 2 saturated heterocycles. The number of amides is 2. The first-order chi connectivity index (χ1) is 10.9. The predicted octanol–water partition coefficient (Wildman–Crippen LogP) is 2.08. The van der Waals surface area contributed by atoms with Crippen molar-refractivity contribution in [2.24, 2.45) is 11.8 Å². The van der Waals surface area contributed by atoms with Gasteiger partial charge >= 0.3 is 12.2 Å². The van der Waals surface area contributed by atoms with Gasteiger partial charge in [0.05, 0.1) is 6.10 Å². The molecule has 2 bridgehead atoms. The van der Waals surface area contributed by atoms with Crippen LogP contribution in [0, 0.1) is 11.8 Å². The molecule has 7 nitrogen and oxygen atoms in total. The monoisotopic (exact) mass is 342 g/mol. The number of hydrogen-bond donors (Lipinski definition) is 1. The Balaban J connectivity index is 2.01. The maximum absolute atomic E-state index is 12.3. The number of rotatable bonds is 0. The minimum atomic E-state index is -0.551. The molecule has 0 aromatic heterocycles. The van der Waals surface area contributed by atoms with Crippen molar-refractivity contribution in [1.82, 2.24) is 9.80 Å². The second-order valence-electron chi connectivity index (χ2n) is 8.78. The number of hydrogen-bond acceptors (Lipinski definition) is 5. The molecule has 2 aliphatic rings. The Hall–Kier alpha value is -1.50. The van der Waals surface area contributed by atoms with Gasteiger partial charge in [-0.1, -0.05) is 0 Å². The third-order valence-electron chi connectivity index (χ3n) is 4.09. The van der Waals surface area contributed by atoms with E-state index >= 15 is 0 Å². The summed E-state index contributed by atoms with van der Waals surface area (Å²) in [6.07, 6.45) is -1.24. The van der Waals surface area contributed by atoms with Crippen molar-refractivity contribution < 1.29 is 24.2 Å². The summed E-state index contributed by atoms with van der Waals surface area (Å²) in [5.74, 6) is -0.366. The molecule has 1 N–H and O–H groups in total. The Morgan fingerprint density at radius 1 is 0.792 bits per heavy atom. The summed E-state index contributed by atoms with van der Waals surface area (Å²) in [5.41, 5.74) is -1.10. The standard InChI is InChI=1S/C17H30N2O5/c1-16(2,3)23-14(21)18-7-11-9-19(10-12(8-18)13(11)20)15(22)24-17(4,5)6/h11-13,20H,7-10H2,1-6H3. The van der Waals surface area contributed by atoms with Crippen LogP contribution in [-0.4, -0.2) is 70.6 Å². The van der Waals surface area contributed by atoms with Gasteiger partial charge in [0, 0.05) is 38.0 Å². The number of aliphatic hydroxyl groups excluding tert-OH is 1. The van der Waals surface area contributed by atoms with E-state index in [-0.39, 0.29) is 24.0 Å². The fourth-order valence-corrected chi connectivity index (χ4v) is 3.16. The van der Waals surface area contributed by atoms with E-state index in [2.05, 4.69) is 0 Å². The molecular weight excluding hydrogens is 312 g/mol. The fourth-order valence-electron chi connectivity index (χ4n) is 3.16. The van der Waals surface area contributed by atoms with E-state index in [1.54, 1.807) is 9.80 Å². The second kappa shape index (κ2) is 6.43. The Morgan fingerprint density at radius 3 is 1.33 bits per heavy atom. The van der Waals surface area contributed by atoms with Crippen LogP contribution >= 0.6 is 0 Å². The average molecular weight is 342 g/mol. The van der Waals surface area contributed by atoms with Crippen LogP contribution in [0.25, 0.3) is 0 Å². The highest BCUT2D eigenvalue weighted by molar-refractivity contribution is 5.69. The summed E-state index contributed by atoms with van der Waals surface area (Å²) in [6, 6.07) is 0. The van der Waals surface area contributed by atoms with E-state index < -0.39 is 17.3 Å². The van der Waals surface area contributed by atoms with E-state index in [4.69, 9.17) is 9.47 Å². The van der Waals surface area contributed by atoms with E-state index in [1.807, 2.05) is 41.5 Å². The van der Waals surface area contributed by atoms with Crippen molar-refractivity contribution in [3.05, 3.63) is 0 Å². The van der Waals surface area contributed by atoms with Gasteiger partial charge in [-0.2, -0.15) is 0 Å². The topological polar surface area (TPSA) is 79.3 Å². The Labute approximate surface area is 143 Å². The fraction of sp³-hybridized carbons (Fsp3) is 0.882. The van der Waals surface area contributed by atoms with Crippen molar-refractivity contribution in [1.29, 1.82) is 0 Å². The number of carbonyl (C=O) groups excluding carboxylic acids is 2. The number of piperidine rings is 2. The van der Waals surface area contributed by atoms with Crippen LogP contribution in [0.3, 0.4) is 0 Å². The number of ether oxygens (including phenoxy) is 2. The Morgan fingerprint density at radius 2 is 1.08 bits per heavy atom. The van der Waals surface area contributed by atoms with E-state index in [0.29, 0.717) is 26.2 Å². The summed E-state index contributed by atoms with van der Waals surface area (Å²) >= 11 is 0. The largest absolute Gasteiger partial charge is 0.444 e. The lowest BCUT2D eigenvalue weighted by Crippen LogP contribution is -2.62. The van der Waals surface area contributed by atoms with Crippen LogP contribution in [0.4, 0.5) is 9.59 Å². The first-order valence-electron chi connectivity index (χ1n) is 8.49. The van der Waals surface area contributed by atoms with E-state index in [0.717, 1.165) is 0 Å². The van der Waals surface area contributed by atoms with Gasteiger partial charge in [0.25, 0.3) is 0 Å². The molecule has 138 valence electrons. The first-order valence-corrected chi connectivity index (χ1v) is 8.49. The number of likely N-dealkylation sites (tertiary alicyclic amines) is 2. The smallest absolute Gasteiger partial charge is 0.410 e. The number of nitrogens with zero attached hydrogens (tertiary/aromatic N) is 2. The molecule has 2 rings (SSSR count). The predicted molar refractivity (Wildman–Crippen MR) is 88.6 cm³/mol. The van der Waals surface area contributed by atoms with Gasteiger partial charge in [-0.25, -0.2) is 9.59 Å². The second-order valence-corrected chi connectivity index (χ2v) is 8.78. The molecule has 2 amide bonds. The molecule has 2 fully saturated rings. The van der Waals surface area contributed by atoms with Gasteiger partial charge in [0.15, 0.2) is 0 Å². The van der Waals surface area contributed by atoms with Gasteiger partial charge in [0.2, 0.25) is 0 Å². The molecule has 2 aliphatic heterocycles. The van der Waals surface area contributed by atoms with Crippen molar-refractivity contribution in [2.45, 2.75) is 58.8 Å². The Bertz CT molecular complexity index is 438. The molecule has 0 radical (unpaired) electrons. The minimum Gasteiger partial charge on any atom is -0.444 e. The maximum Gasteiger partial charge on any atom is 0.410 e. The Kier molecular flexibility index (Phi) is 5.04. The summed E-state index contributed by atoms with van der Waals surface area (Å²) < 4.78 is 10.8. The van der Waals surface area contributed by atoms with Crippen LogP contribution in [0.15, 0.2) is 0 Å². The molecule has 0 atom stereocenters. The molecule has 0 saturated carbocycles. The lowest BCUT2D eigenvalue weighted by Gasteiger charge is -2.48. The first kappa shape index (κ1) is 18.8. The lowest BCUT2D eigenvalue weighted by atomic mass is 9.82. The summed E-state index contributed by atoms with van der Waals surface area (Å²) in [6.45, 7) is 12.5. The number of fused-ring (bicyclic) bond motifs is 2. The quantitative estimate of drug-likeness (QED) is 0.729. The van der Waals surface area contributed by atoms with Crippen LogP contribution < -0.4 is 0 Å². The highest BCUT2D eigenvalue weighted by Crippen LogP contribution is 2.30. The molecule has 2 heterocycles. The molecule has 0 unspecified atom stereocenters. The van der Waals surface area contributed by atoms with Crippen molar-refractivity contribution in [3.63, 3.8) is 0 Å². The highest BCUT2D eigenvalue weighted by Gasteiger charge is 2.45. The van der Waals surface area contributed by atoms with Gasteiger partial charge in [0.1, 0.15) is 11.2 Å². The van der Waals surface area contributed by atoms with E-state index in [1.165, 1.54) is 0 Å².